The summed E-state index contributed by atoms with van der Waals surface area (Å²) >= 11 is 6.00. The van der Waals surface area contributed by atoms with Crippen LogP contribution in [0.1, 0.15) is 6.92 Å². The van der Waals surface area contributed by atoms with Crippen molar-refractivity contribution in [3.05, 3.63) is 53.8 Å². The average Bonchev–Trinajstić information content (AvgIpc) is 2.65. The zero-order valence-electron chi connectivity index (χ0n) is 14.0. The summed E-state index contributed by atoms with van der Waals surface area (Å²) in [5, 5.41) is 25.9. The lowest BCUT2D eigenvalue weighted by molar-refractivity contribution is 0.281. The van der Waals surface area contributed by atoms with Gasteiger partial charge in [-0.2, -0.15) is 4.98 Å². The zero-order valence-corrected chi connectivity index (χ0v) is 14.8. The number of halogens is 1. The molecule has 0 bridgehead atoms. The number of aromatic hydroxyl groups is 1. The number of hydrogen-bond acceptors (Lipinski definition) is 7. The van der Waals surface area contributed by atoms with E-state index in [0.29, 0.717) is 28.2 Å². The second kappa shape index (κ2) is 7.99. The molecule has 3 aromatic rings. The van der Waals surface area contributed by atoms with Crippen molar-refractivity contribution in [2.24, 2.45) is 0 Å². The highest BCUT2D eigenvalue weighted by Crippen LogP contribution is 2.30. The first-order chi connectivity index (χ1) is 12.5. The minimum atomic E-state index is -0.213. The fourth-order valence-corrected chi connectivity index (χ4v) is 2.43. The lowest BCUT2D eigenvalue weighted by atomic mass is 10.2. The van der Waals surface area contributed by atoms with Gasteiger partial charge in [0.1, 0.15) is 11.6 Å². The predicted octanol–water partition coefficient (Wildman–Crippen LogP) is 3.43. The monoisotopic (exact) mass is 371 g/mol. The van der Waals surface area contributed by atoms with E-state index in [0.717, 1.165) is 5.56 Å². The maximum absolute atomic E-state index is 10.0. The van der Waals surface area contributed by atoms with Gasteiger partial charge in [-0.3, -0.25) is 4.98 Å². The number of anilines is 3. The van der Waals surface area contributed by atoms with Crippen LogP contribution in [0.3, 0.4) is 0 Å². The Balaban J connectivity index is 2.00. The van der Waals surface area contributed by atoms with E-state index in [4.69, 9.17) is 11.6 Å². The number of rotatable bonds is 6. The van der Waals surface area contributed by atoms with Crippen LogP contribution in [0.25, 0.3) is 11.3 Å². The molecule has 0 saturated carbocycles. The molecule has 2 aromatic heterocycles. The summed E-state index contributed by atoms with van der Waals surface area (Å²) in [5.41, 5.74) is 1.96. The van der Waals surface area contributed by atoms with Crippen LogP contribution in [0, 0.1) is 0 Å². The summed E-state index contributed by atoms with van der Waals surface area (Å²) in [4.78, 5) is 12.9. The van der Waals surface area contributed by atoms with Crippen molar-refractivity contribution >= 4 is 29.1 Å². The highest BCUT2D eigenvalue weighted by molar-refractivity contribution is 6.30. The molecule has 0 radical (unpaired) electrons. The number of aliphatic hydroxyl groups is 1. The molecular formula is C18H18ClN5O2. The van der Waals surface area contributed by atoms with Gasteiger partial charge in [-0.25, -0.2) is 4.98 Å². The summed E-state index contributed by atoms with van der Waals surface area (Å²) in [6.07, 6.45) is 3.35. The Bertz CT molecular complexity index is 892. The zero-order chi connectivity index (χ0) is 18.5. The number of pyridine rings is 1. The van der Waals surface area contributed by atoms with Crippen LogP contribution in [0.5, 0.6) is 5.75 Å². The van der Waals surface area contributed by atoms with Crippen LogP contribution in [0.2, 0.25) is 5.02 Å². The Kier molecular flexibility index (Phi) is 5.50. The standard InChI is InChI=1S/C18H18ClN5O2/c1-11(10-25)21-18-23-14(12-4-6-20-7-5-12)9-17(24-18)22-15-8-13(19)2-3-16(15)26/h2-9,11,25-26H,10H2,1H3,(H2,21,22,23,24)/t11-/m0/s1. The lowest BCUT2D eigenvalue weighted by Gasteiger charge is -2.14. The van der Waals surface area contributed by atoms with E-state index in [9.17, 15) is 10.2 Å². The van der Waals surface area contributed by atoms with Crippen LogP contribution in [-0.4, -0.2) is 37.8 Å². The molecule has 3 rings (SSSR count). The molecule has 1 atom stereocenters. The second-order valence-corrected chi connectivity index (χ2v) is 6.15. The number of nitrogens with one attached hydrogen (secondary N) is 2. The molecule has 0 aliphatic heterocycles. The van der Waals surface area contributed by atoms with Gasteiger partial charge < -0.3 is 20.8 Å². The molecule has 0 aliphatic carbocycles. The van der Waals surface area contributed by atoms with Crippen molar-refractivity contribution in [1.29, 1.82) is 0 Å². The third kappa shape index (κ3) is 4.38. The van der Waals surface area contributed by atoms with Crippen LogP contribution in [0.15, 0.2) is 48.8 Å². The molecule has 134 valence electrons. The van der Waals surface area contributed by atoms with Gasteiger partial charge in [0.25, 0.3) is 0 Å². The Morgan fingerprint density at radius 1 is 1.12 bits per heavy atom. The van der Waals surface area contributed by atoms with Crippen LogP contribution < -0.4 is 10.6 Å². The first-order valence-electron chi connectivity index (χ1n) is 7.97. The van der Waals surface area contributed by atoms with Crippen molar-refractivity contribution in [1.82, 2.24) is 15.0 Å². The molecule has 0 unspecified atom stereocenters. The summed E-state index contributed by atoms with van der Waals surface area (Å²) in [6, 6.07) is 9.92. The number of aliphatic hydroxyl groups excluding tert-OH is 1. The molecule has 0 fully saturated rings. The Morgan fingerprint density at radius 2 is 1.88 bits per heavy atom. The molecule has 0 saturated heterocycles. The molecule has 7 nitrogen and oxygen atoms in total. The third-order valence-corrected chi connectivity index (χ3v) is 3.81. The summed E-state index contributed by atoms with van der Waals surface area (Å²) in [5.74, 6) is 0.874. The second-order valence-electron chi connectivity index (χ2n) is 5.71. The minimum Gasteiger partial charge on any atom is -0.506 e. The Morgan fingerprint density at radius 3 is 2.62 bits per heavy atom. The smallest absolute Gasteiger partial charge is 0.225 e. The number of aromatic nitrogens is 3. The van der Waals surface area contributed by atoms with Gasteiger partial charge in [0.2, 0.25) is 5.95 Å². The van der Waals surface area contributed by atoms with Gasteiger partial charge in [-0.15, -0.1) is 0 Å². The summed E-state index contributed by atoms with van der Waals surface area (Å²) < 4.78 is 0. The largest absolute Gasteiger partial charge is 0.506 e. The van der Waals surface area contributed by atoms with E-state index < -0.39 is 0 Å². The highest BCUT2D eigenvalue weighted by atomic mass is 35.5. The van der Waals surface area contributed by atoms with E-state index in [1.165, 1.54) is 6.07 Å². The molecule has 0 spiro atoms. The molecular weight excluding hydrogens is 354 g/mol. The molecule has 2 heterocycles. The van der Waals surface area contributed by atoms with Crippen LogP contribution in [0.4, 0.5) is 17.5 Å². The first-order valence-corrected chi connectivity index (χ1v) is 8.35. The molecule has 1 aromatic carbocycles. The lowest BCUT2D eigenvalue weighted by Crippen LogP contribution is -2.21. The molecule has 4 N–H and O–H groups in total. The summed E-state index contributed by atoms with van der Waals surface area (Å²) in [6.45, 7) is 1.76. The molecule has 8 heteroatoms. The molecule has 26 heavy (non-hydrogen) atoms. The van der Waals surface area contributed by atoms with Gasteiger partial charge in [0, 0.05) is 35.1 Å². The topological polar surface area (TPSA) is 103 Å². The van der Waals surface area contributed by atoms with E-state index in [-0.39, 0.29) is 18.4 Å². The normalized spacial score (nSPS) is 11.8. The van der Waals surface area contributed by atoms with Crippen molar-refractivity contribution in [2.75, 3.05) is 17.2 Å². The number of benzene rings is 1. The van der Waals surface area contributed by atoms with Crippen molar-refractivity contribution in [3.63, 3.8) is 0 Å². The number of hydrogen-bond donors (Lipinski definition) is 4. The van der Waals surface area contributed by atoms with E-state index in [2.05, 4.69) is 25.6 Å². The summed E-state index contributed by atoms with van der Waals surface area (Å²) in [7, 11) is 0. The fourth-order valence-electron chi connectivity index (χ4n) is 2.26. The van der Waals surface area contributed by atoms with Gasteiger partial charge >= 0.3 is 0 Å². The quantitative estimate of drug-likeness (QED) is 0.492. The van der Waals surface area contributed by atoms with Crippen molar-refractivity contribution < 1.29 is 10.2 Å². The molecule has 0 aliphatic rings. The maximum Gasteiger partial charge on any atom is 0.225 e. The van der Waals surface area contributed by atoms with E-state index >= 15 is 0 Å². The fraction of sp³-hybridized carbons (Fsp3) is 0.167. The first kappa shape index (κ1) is 17.9. The maximum atomic E-state index is 10.0. The van der Waals surface area contributed by atoms with E-state index in [1.807, 2.05) is 19.1 Å². The molecule has 0 amide bonds. The SMILES string of the molecule is C[C@@H](CO)Nc1nc(Nc2cc(Cl)ccc2O)cc(-c2ccncc2)n1. The van der Waals surface area contributed by atoms with Gasteiger partial charge in [0.05, 0.1) is 18.0 Å². The van der Waals surface area contributed by atoms with Gasteiger partial charge in [0.15, 0.2) is 0 Å². The minimum absolute atomic E-state index is 0.0525. The van der Waals surface area contributed by atoms with Gasteiger partial charge in [-0.05, 0) is 37.3 Å². The van der Waals surface area contributed by atoms with Crippen LogP contribution in [-0.2, 0) is 0 Å². The number of phenols is 1. The van der Waals surface area contributed by atoms with Gasteiger partial charge in [-0.1, -0.05) is 11.6 Å². The van der Waals surface area contributed by atoms with E-state index in [1.54, 1.807) is 30.6 Å². The number of nitrogens with zero attached hydrogens (tertiary/aromatic N) is 3. The predicted molar refractivity (Wildman–Crippen MR) is 102 cm³/mol. The highest BCUT2D eigenvalue weighted by Gasteiger charge is 2.11. The van der Waals surface area contributed by atoms with Crippen LogP contribution >= 0.6 is 11.6 Å². The van der Waals surface area contributed by atoms with Crippen molar-refractivity contribution in [3.8, 4) is 17.0 Å². The van der Waals surface area contributed by atoms with Crippen molar-refractivity contribution in [2.45, 2.75) is 13.0 Å². The number of phenolic OH excluding ortho intramolecular Hbond substituents is 1. The Labute approximate surface area is 155 Å². The average molecular weight is 372 g/mol. The Hall–Kier alpha value is -2.90. The third-order valence-electron chi connectivity index (χ3n) is 3.57.